The molecule has 0 aliphatic carbocycles. The minimum atomic E-state index is -4.62. The average Bonchev–Trinajstić information content (AvgIpc) is 2.62. The molecule has 0 saturated heterocycles. The number of halogens is 3. The van der Waals surface area contributed by atoms with Gasteiger partial charge in [-0.2, -0.15) is 13.2 Å². The van der Waals surface area contributed by atoms with Crippen LogP contribution >= 0.6 is 0 Å². The SMILES string of the molecule is CCOC(=O)C[C@H](c1cccc(C(F)(F)F)c1)c1oc(CO)cc(=O)c1O. The van der Waals surface area contributed by atoms with Gasteiger partial charge < -0.3 is 19.4 Å². The lowest BCUT2D eigenvalue weighted by Gasteiger charge is -2.18. The first-order chi connectivity index (χ1) is 12.7. The lowest BCUT2D eigenvalue weighted by atomic mass is 9.91. The Kier molecular flexibility index (Phi) is 6.27. The molecule has 0 spiro atoms. The summed E-state index contributed by atoms with van der Waals surface area (Å²) in [6.45, 7) is 0.930. The van der Waals surface area contributed by atoms with Crippen LogP contribution in [0.1, 0.15) is 41.9 Å². The molecule has 6 nitrogen and oxygen atoms in total. The van der Waals surface area contributed by atoms with Crippen molar-refractivity contribution in [2.45, 2.75) is 32.0 Å². The third-order valence-corrected chi connectivity index (χ3v) is 3.76. The van der Waals surface area contributed by atoms with Crippen LogP contribution in [0, 0.1) is 0 Å². The highest BCUT2D eigenvalue weighted by molar-refractivity contribution is 5.71. The molecule has 1 aromatic carbocycles. The van der Waals surface area contributed by atoms with Crippen LogP contribution in [-0.2, 0) is 22.3 Å². The molecule has 2 N–H and O–H groups in total. The summed E-state index contributed by atoms with van der Waals surface area (Å²) < 4.78 is 49.2. The fourth-order valence-corrected chi connectivity index (χ4v) is 2.55. The fraction of sp³-hybridized carbons (Fsp3) is 0.333. The smallest absolute Gasteiger partial charge is 0.416 e. The number of aliphatic hydroxyl groups is 1. The molecule has 2 aromatic rings. The van der Waals surface area contributed by atoms with Gasteiger partial charge in [0.1, 0.15) is 12.4 Å². The standard InChI is InChI=1S/C18H17F3O6/c1-2-26-15(24)8-13(10-4-3-5-11(6-10)18(19,20)21)17-16(25)14(23)7-12(9-22)27-17/h3-7,13,22,25H,2,8-9H2,1H3/t13-/m1/s1. The molecule has 0 aliphatic heterocycles. The number of hydrogen-bond donors (Lipinski definition) is 2. The second kappa shape index (κ2) is 8.26. The van der Waals surface area contributed by atoms with Gasteiger partial charge in [0.25, 0.3) is 0 Å². The number of carbonyl (C=O) groups is 1. The molecular weight excluding hydrogens is 369 g/mol. The van der Waals surface area contributed by atoms with Crippen molar-refractivity contribution in [2.75, 3.05) is 6.61 Å². The van der Waals surface area contributed by atoms with Gasteiger partial charge in [-0.1, -0.05) is 18.2 Å². The quantitative estimate of drug-likeness (QED) is 0.741. The molecule has 9 heteroatoms. The minimum absolute atomic E-state index is 0.00795. The van der Waals surface area contributed by atoms with Crippen LogP contribution < -0.4 is 5.43 Å². The molecule has 2 rings (SSSR count). The number of hydrogen-bond acceptors (Lipinski definition) is 6. The second-order valence-electron chi connectivity index (χ2n) is 5.63. The zero-order chi connectivity index (χ0) is 20.2. The number of esters is 1. The molecule has 1 aromatic heterocycles. The molecular formula is C18H17F3O6. The third-order valence-electron chi connectivity index (χ3n) is 3.76. The van der Waals surface area contributed by atoms with Crippen LogP contribution in [0.5, 0.6) is 5.75 Å². The van der Waals surface area contributed by atoms with Gasteiger partial charge in [-0.15, -0.1) is 0 Å². The van der Waals surface area contributed by atoms with Gasteiger partial charge in [-0.05, 0) is 18.6 Å². The summed E-state index contributed by atoms with van der Waals surface area (Å²) in [5, 5.41) is 19.3. The summed E-state index contributed by atoms with van der Waals surface area (Å²) in [5.74, 6) is -3.44. The van der Waals surface area contributed by atoms with E-state index in [1.165, 1.54) is 6.07 Å². The van der Waals surface area contributed by atoms with Crippen molar-refractivity contribution in [3.05, 3.63) is 63.2 Å². The fourth-order valence-electron chi connectivity index (χ4n) is 2.55. The van der Waals surface area contributed by atoms with E-state index in [0.717, 1.165) is 24.3 Å². The molecule has 146 valence electrons. The summed E-state index contributed by atoms with van der Waals surface area (Å²) in [4.78, 5) is 23.8. The van der Waals surface area contributed by atoms with E-state index in [2.05, 4.69) is 0 Å². The normalized spacial score (nSPS) is 12.6. The van der Waals surface area contributed by atoms with Gasteiger partial charge in [0.2, 0.25) is 11.2 Å². The predicted octanol–water partition coefficient (Wildman–Crippen LogP) is 2.94. The van der Waals surface area contributed by atoms with Crippen molar-refractivity contribution >= 4 is 5.97 Å². The van der Waals surface area contributed by atoms with E-state index >= 15 is 0 Å². The zero-order valence-electron chi connectivity index (χ0n) is 14.2. The van der Waals surface area contributed by atoms with Crippen LogP contribution in [-0.4, -0.2) is 22.8 Å². The third kappa shape index (κ3) is 4.88. The van der Waals surface area contributed by atoms with Gasteiger partial charge in [-0.3, -0.25) is 9.59 Å². The Hall–Kier alpha value is -2.81. The molecule has 0 bridgehead atoms. The molecule has 0 unspecified atom stereocenters. The lowest BCUT2D eigenvalue weighted by Crippen LogP contribution is -2.15. The first-order valence-electron chi connectivity index (χ1n) is 7.96. The van der Waals surface area contributed by atoms with Gasteiger partial charge in [0.05, 0.1) is 24.5 Å². The number of alkyl halides is 3. The minimum Gasteiger partial charge on any atom is -0.502 e. The highest BCUT2D eigenvalue weighted by Gasteiger charge is 2.33. The van der Waals surface area contributed by atoms with Crippen molar-refractivity contribution in [2.24, 2.45) is 0 Å². The number of carbonyl (C=O) groups excluding carboxylic acids is 1. The van der Waals surface area contributed by atoms with Crippen molar-refractivity contribution in [3.8, 4) is 5.75 Å². The van der Waals surface area contributed by atoms with Gasteiger partial charge in [0.15, 0.2) is 5.76 Å². The number of rotatable bonds is 6. The Morgan fingerprint density at radius 1 is 1.30 bits per heavy atom. The predicted molar refractivity (Wildman–Crippen MR) is 87.1 cm³/mol. The van der Waals surface area contributed by atoms with E-state index < -0.39 is 53.6 Å². The monoisotopic (exact) mass is 386 g/mol. The first kappa shape index (κ1) is 20.5. The molecule has 0 saturated carbocycles. The zero-order valence-corrected chi connectivity index (χ0v) is 14.2. The van der Waals surface area contributed by atoms with Crippen molar-refractivity contribution in [1.29, 1.82) is 0 Å². The van der Waals surface area contributed by atoms with E-state index in [1.54, 1.807) is 6.92 Å². The van der Waals surface area contributed by atoms with Crippen molar-refractivity contribution in [1.82, 2.24) is 0 Å². The van der Waals surface area contributed by atoms with E-state index in [-0.39, 0.29) is 17.9 Å². The molecule has 1 heterocycles. The molecule has 0 fully saturated rings. The summed E-state index contributed by atoms with van der Waals surface area (Å²) in [7, 11) is 0. The number of benzene rings is 1. The Bertz CT molecular complexity index is 872. The van der Waals surface area contributed by atoms with Crippen LogP contribution in [0.15, 0.2) is 39.5 Å². The highest BCUT2D eigenvalue weighted by Crippen LogP contribution is 2.36. The largest absolute Gasteiger partial charge is 0.502 e. The van der Waals surface area contributed by atoms with E-state index in [1.807, 2.05) is 0 Å². The summed E-state index contributed by atoms with van der Waals surface area (Å²) >= 11 is 0. The molecule has 0 amide bonds. The summed E-state index contributed by atoms with van der Waals surface area (Å²) in [6, 6.07) is 4.96. The summed E-state index contributed by atoms with van der Waals surface area (Å²) in [6.07, 6.45) is -5.10. The van der Waals surface area contributed by atoms with Crippen LogP contribution in [0.25, 0.3) is 0 Å². The average molecular weight is 386 g/mol. The van der Waals surface area contributed by atoms with Crippen LogP contribution in [0.2, 0.25) is 0 Å². The Morgan fingerprint density at radius 2 is 2.00 bits per heavy atom. The second-order valence-corrected chi connectivity index (χ2v) is 5.63. The maximum atomic E-state index is 13.0. The Morgan fingerprint density at radius 3 is 2.59 bits per heavy atom. The number of aromatic hydroxyl groups is 1. The Labute approximate surface area is 151 Å². The van der Waals surface area contributed by atoms with E-state index in [0.29, 0.717) is 0 Å². The Balaban J connectivity index is 2.62. The van der Waals surface area contributed by atoms with Crippen molar-refractivity contribution < 1.29 is 37.3 Å². The topological polar surface area (TPSA) is 97.0 Å². The van der Waals surface area contributed by atoms with Gasteiger partial charge in [-0.25, -0.2) is 0 Å². The maximum Gasteiger partial charge on any atom is 0.416 e. The maximum absolute atomic E-state index is 13.0. The van der Waals surface area contributed by atoms with Gasteiger partial charge in [0, 0.05) is 6.07 Å². The molecule has 1 atom stereocenters. The van der Waals surface area contributed by atoms with E-state index in [4.69, 9.17) is 9.15 Å². The molecule has 0 aliphatic rings. The van der Waals surface area contributed by atoms with Crippen LogP contribution in [0.3, 0.4) is 0 Å². The lowest BCUT2D eigenvalue weighted by molar-refractivity contribution is -0.143. The van der Waals surface area contributed by atoms with Crippen molar-refractivity contribution in [3.63, 3.8) is 0 Å². The van der Waals surface area contributed by atoms with E-state index in [9.17, 15) is 33.0 Å². The number of ether oxygens (including phenoxy) is 1. The van der Waals surface area contributed by atoms with Crippen LogP contribution in [0.4, 0.5) is 13.2 Å². The summed E-state index contributed by atoms with van der Waals surface area (Å²) in [5.41, 5.74) is -1.86. The molecule has 0 radical (unpaired) electrons. The first-order valence-corrected chi connectivity index (χ1v) is 7.96. The molecule has 27 heavy (non-hydrogen) atoms. The highest BCUT2D eigenvalue weighted by atomic mass is 19.4. The van der Waals surface area contributed by atoms with Gasteiger partial charge >= 0.3 is 12.1 Å². The number of aliphatic hydroxyl groups excluding tert-OH is 1.